The molecule has 0 radical (unpaired) electrons. The number of amides is 5. The first-order valence-corrected chi connectivity index (χ1v) is 8.99. The van der Waals surface area contributed by atoms with Crippen molar-refractivity contribution >= 4 is 35.1 Å². The molecule has 9 nitrogen and oxygen atoms in total. The maximum atomic E-state index is 12.3. The van der Waals surface area contributed by atoms with Gasteiger partial charge in [0, 0.05) is 12.0 Å². The summed E-state index contributed by atoms with van der Waals surface area (Å²) < 4.78 is 0. The van der Waals surface area contributed by atoms with E-state index in [4.69, 9.17) is 0 Å². The third-order valence-electron chi connectivity index (χ3n) is 3.86. The van der Waals surface area contributed by atoms with Crippen molar-refractivity contribution < 1.29 is 19.2 Å². The Balaban J connectivity index is 1.52. The smallest absolute Gasteiger partial charge is 0.322 e. The van der Waals surface area contributed by atoms with E-state index in [0.717, 1.165) is 5.56 Å². The summed E-state index contributed by atoms with van der Waals surface area (Å²) >= 11 is 1.23. The van der Waals surface area contributed by atoms with Gasteiger partial charge in [-0.25, -0.2) is 9.78 Å². The van der Waals surface area contributed by atoms with Crippen LogP contribution in [0.2, 0.25) is 0 Å². The zero-order chi connectivity index (χ0) is 19.4. The molecule has 1 saturated heterocycles. The highest BCUT2D eigenvalue weighted by molar-refractivity contribution is 7.17. The first kappa shape index (κ1) is 18.5. The second-order valence-corrected chi connectivity index (χ2v) is 6.85. The van der Waals surface area contributed by atoms with Crippen LogP contribution in [0.4, 0.5) is 4.79 Å². The summed E-state index contributed by atoms with van der Waals surface area (Å²) in [6.45, 7) is 1.72. The van der Waals surface area contributed by atoms with Gasteiger partial charge in [0.15, 0.2) is 0 Å². The third kappa shape index (κ3) is 4.47. The van der Waals surface area contributed by atoms with Crippen molar-refractivity contribution in [3.8, 4) is 10.6 Å². The Kier molecular flexibility index (Phi) is 5.46. The summed E-state index contributed by atoms with van der Waals surface area (Å²) in [7, 11) is 0. The van der Waals surface area contributed by atoms with Crippen molar-refractivity contribution in [3.05, 3.63) is 40.9 Å². The van der Waals surface area contributed by atoms with Crippen molar-refractivity contribution in [2.24, 2.45) is 0 Å². The van der Waals surface area contributed by atoms with Gasteiger partial charge in [0.1, 0.15) is 15.9 Å². The van der Waals surface area contributed by atoms with Gasteiger partial charge >= 0.3 is 6.03 Å². The van der Waals surface area contributed by atoms with E-state index in [0.29, 0.717) is 15.6 Å². The number of benzene rings is 1. The molecule has 0 bridgehead atoms. The number of carbonyl (C=O) groups excluding carboxylic acids is 4. The number of nitrogens with one attached hydrogen (secondary N) is 4. The van der Waals surface area contributed by atoms with Crippen LogP contribution < -0.4 is 21.5 Å². The van der Waals surface area contributed by atoms with E-state index < -0.39 is 29.8 Å². The van der Waals surface area contributed by atoms with E-state index in [1.165, 1.54) is 11.3 Å². The van der Waals surface area contributed by atoms with Crippen molar-refractivity contribution in [1.29, 1.82) is 0 Å². The molecule has 1 fully saturated rings. The average molecular weight is 387 g/mol. The minimum Gasteiger partial charge on any atom is -0.326 e. The fourth-order valence-electron chi connectivity index (χ4n) is 2.49. The summed E-state index contributed by atoms with van der Waals surface area (Å²) in [5, 5.41) is 5.21. The molecule has 0 aliphatic carbocycles. The van der Waals surface area contributed by atoms with E-state index in [1.807, 2.05) is 30.3 Å². The normalized spacial score (nSPS) is 15.8. The van der Waals surface area contributed by atoms with E-state index in [9.17, 15) is 19.2 Å². The highest BCUT2D eigenvalue weighted by atomic mass is 32.1. The van der Waals surface area contributed by atoms with Crippen molar-refractivity contribution in [2.45, 2.75) is 25.8 Å². The number of aromatic nitrogens is 1. The van der Waals surface area contributed by atoms with Crippen molar-refractivity contribution in [1.82, 2.24) is 26.5 Å². The second kappa shape index (κ2) is 7.96. The van der Waals surface area contributed by atoms with Gasteiger partial charge in [0.05, 0.1) is 5.69 Å². The molecule has 4 N–H and O–H groups in total. The predicted molar refractivity (Wildman–Crippen MR) is 97.6 cm³/mol. The number of hydrazine groups is 1. The van der Waals surface area contributed by atoms with Crippen LogP contribution in [0.5, 0.6) is 0 Å². The Morgan fingerprint density at radius 1 is 1.19 bits per heavy atom. The molecule has 27 heavy (non-hydrogen) atoms. The molecular weight excluding hydrogens is 370 g/mol. The van der Waals surface area contributed by atoms with Crippen molar-refractivity contribution in [3.63, 3.8) is 0 Å². The highest BCUT2D eigenvalue weighted by Crippen LogP contribution is 2.27. The maximum Gasteiger partial charge on any atom is 0.322 e. The minimum atomic E-state index is -0.740. The van der Waals surface area contributed by atoms with E-state index in [-0.39, 0.29) is 12.8 Å². The number of aryl methyl sites for hydroxylation is 1. The fourth-order valence-corrected chi connectivity index (χ4v) is 3.46. The lowest BCUT2D eigenvalue weighted by Gasteiger charge is -2.08. The van der Waals surface area contributed by atoms with E-state index in [1.54, 1.807) is 6.92 Å². The largest absolute Gasteiger partial charge is 0.326 e. The molecular formula is C17H17N5O4S. The van der Waals surface area contributed by atoms with Gasteiger partial charge in [-0.2, -0.15) is 0 Å². The van der Waals surface area contributed by atoms with Gasteiger partial charge in [0.25, 0.3) is 11.8 Å². The number of imide groups is 1. The molecule has 1 aromatic heterocycles. The molecule has 5 amide bonds. The third-order valence-corrected chi connectivity index (χ3v) is 5.06. The molecule has 0 saturated carbocycles. The predicted octanol–water partition coefficient (Wildman–Crippen LogP) is 0.868. The SMILES string of the molecule is Cc1nc(-c2ccccc2)sc1C(=O)NNC(=O)CC[C@@H]1NC(=O)NC1=O. The van der Waals surface area contributed by atoms with Gasteiger partial charge in [-0.1, -0.05) is 30.3 Å². The van der Waals surface area contributed by atoms with Crippen LogP contribution >= 0.6 is 11.3 Å². The van der Waals surface area contributed by atoms with Crippen LogP contribution in [-0.2, 0) is 9.59 Å². The number of hydrogen-bond acceptors (Lipinski definition) is 6. The number of nitrogens with zero attached hydrogens (tertiary/aromatic N) is 1. The lowest BCUT2D eigenvalue weighted by atomic mass is 10.1. The van der Waals surface area contributed by atoms with Gasteiger partial charge in [-0.05, 0) is 13.3 Å². The highest BCUT2D eigenvalue weighted by Gasteiger charge is 2.29. The molecule has 1 aliphatic rings. The van der Waals surface area contributed by atoms with Crippen LogP contribution in [0, 0.1) is 6.92 Å². The Morgan fingerprint density at radius 3 is 2.59 bits per heavy atom. The number of urea groups is 1. The number of carbonyl (C=O) groups is 4. The van der Waals surface area contributed by atoms with Crippen LogP contribution in [0.3, 0.4) is 0 Å². The van der Waals surface area contributed by atoms with E-state index >= 15 is 0 Å². The van der Waals surface area contributed by atoms with Crippen LogP contribution in [0.15, 0.2) is 30.3 Å². The van der Waals surface area contributed by atoms with Gasteiger partial charge in [-0.3, -0.25) is 30.6 Å². The summed E-state index contributed by atoms with van der Waals surface area (Å²) in [5.41, 5.74) is 6.12. The minimum absolute atomic E-state index is 0.0322. The monoisotopic (exact) mass is 387 g/mol. The molecule has 140 valence electrons. The molecule has 1 atom stereocenters. The first-order valence-electron chi connectivity index (χ1n) is 8.17. The number of rotatable bonds is 5. The standard InChI is InChI=1S/C17H17N5O4S/c1-9-13(27-16(18-9)10-5-3-2-4-6-10)15(25)22-21-12(23)8-7-11-14(24)20-17(26)19-11/h2-6,11H,7-8H2,1H3,(H,21,23)(H,22,25)(H2,19,20,24,26)/t11-/m0/s1. The zero-order valence-electron chi connectivity index (χ0n) is 14.4. The first-order chi connectivity index (χ1) is 12.9. The Hall–Kier alpha value is -3.27. The van der Waals surface area contributed by atoms with Crippen LogP contribution in [0.25, 0.3) is 10.6 Å². The summed E-state index contributed by atoms with van der Waals surface area (Å²) in [6, 6.07) is 8.16. The molecule has 3 rings (SSSR count). The summed E-state index contributed by atoms with van der Waals surface area (Å²) in [6.07, 6.45) is 0.104. The topological polar surface area (TPSA) is 129 Å². The summed E-state index contributed by atoms with van der Waals surface area (Å²) in [4.78, 5) is 51.4. The Bertz CT molecular complexity index is 896. The van der Waals surface area contributed by atoms with Gasteiger partial charge < -0.3 is 5.32 Å². The lowest BCUT2D eigenvalue weighted by molar-refractivity contribution is -0.122. The second-order valence-electron chi connectivity index (χ2n) is 5.86. The van der Waals surface area contributed by atoms with E-state index in [2.05, 4.69) is 26.5 Å². The summed E-state index contributed by atoms with van der Waals surface area (Å²) in [5.74, 6) is -1.40. The van der Waals surface area contributed by atoms with Gasteiger partial charge in [0.2, 0.25) is 5.91 Å². The number of hydrogen-bond donors (Lipinski definition) is 4. The number of thiazole rings is 1. The molecule has 2 aromatic rings. The fraction of sp³-hybridized carbons (Fsp3) is 0.235. The molecule has 0 spiro atoms. The molecule has 1 aliphatic heterocycles. The van der Waals surface area contributed by atoms with Crippen LogP contribution in [0.1, 0.15) is 28.2 Å². The lowest BCUT2D eigenvalue weighted by Crippen LogP contribution is -2.42. The quantitative estimate of drug-likeness (QED) is 0.447. The average Bonchev–Trinajstić information content (AvgIpc) is 3.20. The van der Waals surface area contributed by atoms with Crippen LogP contribution in [-0.4, -0.2) is 34.8 Å². The maximum absolute atomic E-state index is 12.3. The Morgan fingerprint density at radius 2 is 1.93 bits per heavy atom. The van der Waals surface area contributed by atoms with Gasteiger partial charge in [-0.15, -0.1) is 11.3 Å². The molecule has 0 unspecified atom stereocenters. The molecule has 2 heterocycles. The molecule has 10 heteroatoms. The molecule has 1 aromatic carbocycles. The van der Waals surface area contributed by atoms with Crippen molar-refractivity contribution in [2.75, 3.05) is 0 Å². The Labute approximate surface area is 158 Å². The zero-order valence-corrected chi connectivity index (χ0v) is 15.2.